The van der Waals surface area contributed by atoms with Crippen LogP contribution in [0.3, 0.4) is 0 Å². The molecule has 0 heterocycles. The van der Waals surface area contributed by atoms with Gasteiger partial charge in [-0.1, -0.05) is 77.3 Å². The highest BCUT2D eigenvalue weighted by Gasteiger charge is 2.67. The maximum absolute atomic E-state index is 13.2. The Labute approximate surface area is 268 Å². The molecule has 2 N–H and O–H groups in total. The van der Waals surface area contributed by atoms with Gasteiger partial charge in [0.05, 0.1) is 17.4 Å². The lowest BCUT2D eigenvalue weighted by molar-refractivity contribution is -0.117. The van der Waals surface area contributed by atoms with Crippen molar-refractivity contribution in [2.45, 2.75) is 23.1 Å². The van der Waals surface area contributed by atoms with E-state index >= 15 is 0 Å². The molecule has 4 aromatic carbocycles. The van der Waals surface area contributed by atoms with Gasteiger partial charge < -0.3 is 10.6 Å². The third-order valence-electron chi connectivity index (χ3n) is 6.92. The average Bonchev–Trinajstić information content (AvgIpc) is 3.52. The van der Waals surface area contributed by atoms with Crippen molar-refractivity contribution in [3.05, 3.63) is 128 Å². The maximum Gasteiger partial charge on any atom is 0.231 e. The number of alkyl halides is 2. The zero-order valence-electron chi connectivity index (χ0n) is 21.8. The van der Waals surface area contributed by atoms with E-state index < -0.39 is 22.1 Å². The standard InChI is InChI=1S/C32H23Cl5N2O3/c33-21-14-20(15-22(34)16-21)29-30(32(29,36)37)31(42)39-24-10-11-26(35)25(17-24)27(40)12-19-6-8-23(9-7-19)38-28(41)13-18-4-2-1-3-5-18/h1-11,14-17,29-30H,12-13H2,(H,38,41)(H,39,42). The number of amides is 2. The van der Waals surface area contributed by atoms with Crippen molar-refractivity contribution >= 4 is 87.0 Å². The summed E-state index contributed by atoms with van der Waals surface area (Å²) in [5.74, 6) is -2.04. The van der Waals surface area contributed by atoms with Gasteiger partial charge in [0.15, 0.2) is 5.78 Å². The molecule has 214 valence electrons. The number of ketones is 1. The Bertz CT molecular complexity index is 1640. The van der Waals surface area contributed by atoms with Gasteiger partial charge in [-0.15, -0.1) is 23.2 Å². The predicted molar refractivity (Wildman–Crippen MR) is 170 cm³/mol. The zero-order valence-corrected chi connectivity index (χ0v) is 25.6. The van der Waals surface area contributed by atoms with Crippen LogP contribution in [0.4, 0.5) is 11.4 Å². The summed E-state index contributed by atoms with van der Waals surface area (Å²) >= 11 is 31.5. The molecule has 1 aliphatic carbocycles. The lowest BCUT2D eigenvalue weighted by Crippen LogP contribution is -2.17. The van der Waals surface area contributed by atoms with Gasteiger partial charge in [-0.2, -0.15) is 0 Å². The van der Waals surface area contributed by atoms with E-state index in [-0.39, 0.29) is 35.1 Å². The van der Waals surface area contributed by atoms with Crippen molar-refractivity contribution in [3.63, 3.8) is 0 Å². The Morgan fingerprint density at radius 2 is 1.31 bits per heavy atom. The summed E-state index contributed by atoms with van der Waals surface area (Å²) in [6, 6.07) is 26.1. The van der Waals surface area contributed by atoms with Crippen molar-refractivity contribution in [1.29, 1.82) is 0 Å². The summed E-state index contributed by atoms with van der Waals surface area (Å²) in [5, 5.41) is 6.73. The van der Waals surface area contributed by atoms with Crippen LogP contribution in [0.25, 0.3) is 0 Å². The van der Waals surface area contributed by atoms with Crippen LogP contribution >= 0.6 is 58.0 Å². The molecule has 0 bridgehead atoms. The predicted octanol–water partition coefficient (Wildman–Crippen LogP) is 8.78. The zero-order chi connectivity index (χ0) is 30.0. The number of carbonyl (C=O) groups is 3. The third kappa shape index (κ3) is 7.11. The number of nitrogens with one attached hydrogen (secondary N) is 2. The number of anilines is 2. The number of Topliss-reactive ketones (excluding diaryl/α,β-unsaturated/α-hetero) is 1. The molecule has 42 heavy (non-hydrogen) atoms. The van der Waals surface area contributed by atoms with Gasteiger partial charge in [0.1, 0.15) is 4.33 Å². The van der Waals surface area contributed by atoms with Gasteiger partial charge in [0.2, 0.25) is 11.8 Å². The Kier molecular flexibility index (Phi) is 9.17. The molecule has 0 aromatic heterocycles. The highest BCUT2D eigenvalue weighted by molar-refractivity contribution is 6.53. The fourth-order valence-corrected chi connectivity index (χ4v) is 6.43. The van der Waals surface area contributed by atoms with Gasteiger partial charge >= 0.3 is 0 Å². The van der Waals surface area contributed by atoms with E-state index in [2.05, 4.69) is 10.6 Å². The van der Waals surface area contributed by atoms with E-state index in [9.17, 15) is 14.4 Å². The molecule has 10 heteroatoms. The quantitative estimate of drug-likeness (QED) is 0.139. The van der Waals surface area contributed by atoms with Crippen LogP contribution in [0.5, 0.6) is 0 Å². The van der Waals surface area contributed by atoms with E-state index in [0.717, 1.165) is 11.1 Å². The maximum atomic E-state index is 13.2. The summed E-state index contributed by atoms with van der Waals surface area (Å²) in [7, 11) is 0. The van der Waals surface area contributed by atoms with E-state index in [1.807, 2.05) is 30.3 Å². The molecule has 1 fully saturated rings. The number of carbonyl (C=O) groups excluding carboxylic acids is 3. The minimum Gasteiger partial charge on any atom is -0.326 e. The van der Waals surface area contributed by atoms with Gasteiger partial charge in [-0.25, -0.2) is 0 Å². The molecule has 2 amide bonds. The number of hydrogen-bond donors (Lipinski definition) is 2. The number of hydrogen-bond acceptors (Lipinski definition) is 3. The minimum absolute atomic E-state index is 0.0715. The van der Waals surface area contributed by atoms with Crippen molar-refractivity contribution in [2.75, 3.05) is 10.6 Å². The monoisotopic (exact) mass is 658 g/mol. The lowest BCUT2D eigenvalue weighted by Gasteiger charge is -2.10. The molecule has 0 spiro atoms. The van der Waals surface area contributed by atoms with E-state index in [4.69, 9.17) is 58.0 Å². The van der Waals surface area contributed by atoms with Gasteiger partial charge in [0, 0.05) is 39.3 Å². The topological polar surface area (TPSA) is 75.3 Å². The highest BCUT2D eigenvalue weighted by atomic mass is 35.5. The van der Waals surface area contributed by atoms with Crippen LogP contribution in [-0.2, 0) is 22.4 Å². The molecule has 5 rings (SSSR count). The molecule has 0 radical (unpaired) electrons. The Hall–Kier alpha value is -3.06. The third-order valence-corrected chi connectivity index (χ3v) is 8.63. The number of benzene rings is 4. The summed E-state index contributed by atoms with van der Waals surface area (Å²) in [6.45, 7) is 0. The highest BCUT2D eigenvalue weighted by Crippen LogP contribution is 2.65. The van der Waals surface area contributed by atoms with Crippen molar-refractivity contribution < 1.29 is 14.4 Å². The first-order valence-corrected chi connectivity index (χ1v) is 14.8. The van der Waals surface area contributed by atoms with Crippen LogP contribution in [0.2, 0.25) is 15.1 Å². The molecule has 2 unspecified atom stereocenters. The second-order valence-corrected chi connectivity index (χ2v) is 12.7. The molecule has 1 aliphatic rings. The van der Waals surface area contributed by atoms with Crippen LogP contribution in [0, 0.1) is 5.92 Å². The normalized spacial score (nSPS) is 16.9. The summed E-state index contributed by atoms with van der Waals surface area (Å²) < 4.78 is -1.34. The molecule has 0 saturated heterocycles. The minimum atomic E-state index is -1.34. The fourth-order valence-electron chi connectivity index (χ4n) is 4.83. The fraction of sp³-hybridized carbons (Fsp3) is 0.156. The Morgan fingerprint density at radius 3 is 1.98 bits per heavy atom. The van der Waals surface area contributed by atoms with Crippen LogP contribution < -0.4 is 10.6 Å². The average molecular weight is 661 g/mol. The molecule has 2 atom stereocenters. The second kappa shape index (κ2) is 12.7. The van der Waals surface area contributed by atoms with Crippen molar-refractivity contribution in [2.24, 2.45) is 5.92 Å². The first-order valence-electron chi connectivity index (χ1n) is 12.9. The van der Waals surface area contributed by atoms with E-state index in [1.165, 1.54) is 6.07 Å². The number of rotatable bonds is 9. The van der Waals surface area contributed by atoms with E-state index in [1.54, 1.807) is 54.6 Å². The molecule has 0 aliphatic heterocycles. The molecule has 4 aromatic rings. The molecule has 1 saturated carbocycles. The Balaban J connectivity index is 1.21. The summed E-state index contributed by atoms with van der Waals surface area (Å²) in [5.41, 5.74) is 3.57. The largest absolute Gasteiger partial charge is 0.326 e. The lowest BCUT2D eigenvalue weighted by atomic mass is 10.0. The summed E-state index contributed by atoms with van der Waals surface area (Å²) in [4.78, 5) is 38.6. The molecular weight excluding hydrogens is 638 g/mol. The Morgan fingerprint density at radius 1 is 0.690 bits per heavy atom. The number of halogens is 5. The first-order chi connectivity index (χ1) is 20.0. The van der Waals surface area contributed by atoms with Crippen LogP contribution in [0.15, 0.2) is 91.0 Å². The van der Waals surface area contributed by atoms with Crippen molar-refractivity contribution in [3.8, 4) is 0 Å². The molecular formula is C32H23Cl5N2O3. The van der Waals surface area contributed by atoms with Gasteiger partial charge in [-0.3, -0.25) is 14.4 Å². The van der Waals surface area contributed by atoms with Crippen molar-refractivity contribution in [1.82, 2.24) is 0 Å². The van der Waals surface area contributed by atoms with Gasteiger partial charge in [0.25, 0.3) is 0 Å². The summed E-state index contributed by atoms with van der Waals surface area (Å²) in [6.07, 6.45) is 0.335. The smallest absolute Gasteiger partial charge is 0.231 e. The van der Waals surface area contributed by atoms with Gasteiger partial charge in [-0.05, 0) is 65.2 Å². The second-order valence-electron chi connectivity index (χ2n) is 10.0. The SMILES string of the molecule is O=C(Cc1ccccc1)Nc1ccc(CC(=O)c2cc(NC(=O)C3C(c4cc(Cl)cc(Cl)c4)C3(Cl)Cl)ccc2Cl)cc1. The first kappa shape index (κ1) is 30.4. The van der Waals surface area contributed by atoms with Crippen LogP contribution in [-0.4, -0.2) is 21.9 Å². The van der Waals surface area contributed by atoms with E-state index in [0.29, 0.717) is 27.0 Å². The van der Waals surface area contributed by atoms with Crippen LogP contribution in [0.1, 0.15) is 33.0 Å². The molecule has 5 nitrogen and oxygen atoms in total.